The van der Waals surface area contributed by atoms with E-state index in [0.29, 0.717) is 17.5 Å². The predicted octanol–water partition coefficient (Wildman–Crippen LogP) is 3.07. The molecule has 2 N–H and O–H groups in total. The number of hydrogen-bond donors (Lipinski definition) is 2. The van der Waals surface area contributed by atoms with Crippen molar-refractivity contribution in [3.63, 3.8) is 0 Å². The molecule has 2 unspecified atom stereocenters. The molecular weight excluding hydrogens is 244 g/mol. The zero-order valence-corrected chi connectivity index (χ0v) is 10.7. The molecule has 0 spiro atoms. The van der Waals surface area contributed by atoms with Crippen LogP contribution in [0.25, 0.3) is 11.0 Å². The standard InChI is InChI=1S/C13H16N4O2/c1-2-3-8-6-11(8)15-13-14-10-5-4-9(17(18)19)7-12(10)16-13/h4-5,7-8,11H,2-3,6H2,1H3,(H2,14,15,16). The number of aromatic amines is 1. The maximum Gasteiger partial charge on any atom is 0.271 e. The van der Waals surface area contributed by atoms with Gasteiger partial charge in [0.1, 0.15) is 0 Å². The second kappa shape index (κ2) is 4.53. The monoisotopic (exact) mass is 260 g/mol. The molecule has 0 bridgehead atoms. The van der Waals surface area contributed by atoms with E-state index >= 15 is 0 Å². The van der Waals surface area contributed by atoms with Crippen LogP contribution in [0.4, 0.5) is 11.6 Å². The number of anilines is 1. The van der Waals surface area contributed by atoms with E-state index in [9.17, 15) is 10.1 Å². The molecule has 6 heteroatoms. The number of benzene rings is 1. The Balaban J connectivity index is 1.77. The van der Waals surface area contributed by atoms with Crippen molar-refractivity contribution in [2.45, 2.75) is 32.2 Å². The van der Waals surface area contributed by atoms with Crippen molar-refractivity contribution in [1.82, 2.24) is 9.97 Å². The topological polar surface area (TPSA) is 83.8 Å². The van der Waals surface area contributed by atoms with Crippen LogP contribution < -0.4 is 5.32 Å². The highest BCUT2D eigenvalue weighted by Crippen LogP contribution is 2.37. The molecular formula is C13H16N4O2. The van der Waals surface area contributed by atoms with Crippen LogP contribution in [0.3, 0.4) is 0 Å². The molecule has 2 atom stereocenters. The minimum Gasteiger partial charge on any atom is -0.353 e. The zero-order chi connectivity index (χ0) is 13.4. The highest BCUT2D eigenvalue weighted by Gasteiger charge is 2.36. The van der Waals surface area contributed by atoms with Gasteiger partial charge in [0, 0.05) is 18.2 Å². The van der Waals surface area contributed by atoms with Gasteiger partial charge in [-0.15, -0.1) is 0 Å². The lowest BCUT2D eigenvalue weighted by Gasteiger charge is -2.00. The molecule has 1 fully saturated rings. The SMILES string of the molecule is CCCC1CC1Nc1nc2ccc([N+](=O)[O-])cc2[nH]1. The molecule has 0 radical (unpaired) electrons. The Morgan fingerprint density at radius 2 is 2.42 bits per heavy atom. The normalized spacial score (nSPS) is 21.5. The van der Waals surface area contributed by atoms with Gasteiger partial charge < -0.3 is 10.3 Å². The quantitative estimate of drug-likeness (QED) is 0.639. The molecule has 6 nitrogen and oxygen atoms in total. The fraction of sp³-hybridized carbons (Fsp3) is 0.462. The third-order valence-electron chi connectivity index (χ3n) is 3.58. The number of nitrogens with one attached hydrogen (secondary N) is 2. The van der Waals surface area contributed by atoms with Crippen LogP contribution in [-0.2, 0) is 0 Å². The van der Waals surface area contributed by atoms with E-state index < -0.39 is 4.92 Å². The number of aromatic nitrogens is 2. The number of nitrogens with zero attached hydrogens (tertiary/aromatic N) is 2. The summed E-state index contributed by atoms with van der Waals surface area (Å²) in [6.07, 6.45) is 3.63. The third kappa shape index (κ3) is 2.38. The number of hydrogen-bond acceptors (Lipinski definition) is 4. The number of nitro benzene ring substituents is 1. The second-order valence-corrected chi connectivity index (χ2v) is 5.08. The highest BCUT2D eigenvalue weighted by molar-refractivity contribution is 5.79. The Morgan fingerprint density at radius 3 is 3.16 bits per heavy atom. The molecule has 3 rings (SSSR count). The predicted molar refractivity (Wildman–Crippen MR) is 73.2 cm³/mol. The molecule has 0 aliphatic heterocycles. The maximum absolute atomic E-state index is 10.7. The summed E-state index contributed by atoms with van der Waals surface area (Å²) in [5, 5.41) is 14.1. The second-order valence-electron chi connectivity index (χ2n) is 5.08. The Bertz CT molecular complexity index is 622. The van der Waals surface area contributed by atoms with Crippen molar-refractivity contribution in [1.29, 1.82) is 0 Å². The molecule has 100 valence electrons. The summed E-state index contributed by atoms with van der Waals surface area (Å²) in [5.74, 6) is 1.45. The number of nitro groups is 1. The van der Waals surface area contributed by atoms with Gasteiger partial charge in [0.05, 0.1) is 16.0 Å². The van der Waals surface area contributed by atoms with Crippen LogP contribution in [0.5, 0.6) is 0 Å². The van der Waals surface area contributed by atoms with Crippen LogP contribution in [0.2, 0.25) is 0 Å². The summed E-state index contributed by atoms with van der Waals surface area (Å²) < 4.78 is 0. The van der Waals surface area contributed by atoms with E-state index in [0.717, 1.165) is 11.4 Å². The van der Waals surface area contributed by atoms with Crippen molar-refractivity contribution in [3.8, 4) is 0 Å². The summed E-state index contributed by atoms with van der Waals surface area (Å²) in [4.78, 5) is 17.8. The van der Waals surface area contributed by atoms with Gasteiger partial charge in [-0.2, -0.15) is 0 Å². The Kier molecular flexibility index (Phi) is 2.85. The van der Waals surface area contributed by atoms with Gasteiger partial charge in [-0.05, 0) is 24.8 Å². The van der Waals surface area contributed by atoms with Gasteiger partial charge in [-0.1, -0.05) is 13.3 Å². The molecule has 2 aromatic rings. The average molecular weight is 260 g/mol. The lowest BCUT2D eigenvalue weighted by Crippen LogP contribution is -2.05. The molecule has 1 heterocycles. The summed E-state index contributed by atoms with van der Waals surface area (Å²) in [6, 6.07) is 5.16. The summed E-state index contributed by atoms with van der Waals surface area (Å²) in [5.41, 5.74) is 1.53. The van der Waals surface area contributed by atoms with Crippen LogP contribution in [-0.4, -0.2) is 20.9 Å². The van der Waals surface area contributed by atoms with E-state index in [4.69, 9.17) is 0 Å². The fourth-order valence-electron chi connectivity index (χ4n) is 2.47. The summed E-state index contributed by atoms with van der Waals surface area (Å²) >= 11 is 0. The molecule has 0 amide bonds. The molecule has 1 saturated carbocycles. The highest BCUT2D eigenvalue weighted by atomic mass is 16.6. The van der Waals surface area contributed by atoms with Gasteiger partial charge in [0.2, 0.25) is 5.95 Å². The molecule has 1 aliphatic rings. The first-order valence-corrected chi connectivity index (χ1v) is 6.58. The van der Waals surface area contributed by atoms with E-state index in [1.165, 1.54) is 31.4 Å². The minimum absolute atomic E-state index is 0.0815. The number of H-pyrrole nitrogens is 1. The smallest absolute Gasteiger partial charge is 0.271 e. The van der Waals surface area contributed by atoms with E-state index in [1.807, 2.05) is 0 Å². The Hall–Kier alpha value is -2.11. The molecule has 1 aromatic carbocycles. The van der Waals surface area contributed by atoms with Crippen molar-refractivity contribution < 1.29 is 4.92 Å². The van der Waals surface area contributed by atoms with E-state index in [1.54, 1.807) is 6.07 Å². The molecule has 0 saturated heterocycles. The molecule has 1 aliphatic carbocycles. The average Bonchev–Trinajstić information content (AvgIpc) is 2.97. The summed E-state index contributed by atoms with van der Waals surface area (Å²) in [7, 11) is 0. The Labute approximate surface area is 110 Å². The fourth-order valence-corrected chi connectivity index (χ4v) is 2.47. The van der Waals surface area contributed by atoms with Crippen LogP contribution in [0.15, 0.2) is 18.2 Å². The van der Waals surface area contributed by atoms with E-state index in [-0.39, 0.29) is 5.69 Å². The van der Waals surface area contributed by atoms with Crippen molar-refractivity contribution in [2.24, 2.45) is 5.92 Å². The van der Waals surface area contributed by atoms with Gasteiger partial charge in [0.15, 0.2) is 0 Å². The molecule has 1 aromatic heterocycles. The van der Waals surface area contributed by atoms with Crippen LogP contribution in [0.1, 0.15) is 26.2 Å². The third-order valence-corrected chi connectivity index (χ3v) is 3.58. The van der Waals surface area contributed by atoms with Crippen molar-refractivity contribution in [3.05, 3.63) is 28.3 Å². The van der Waals surface area contributed by atoms with Gasteiger partial charge in [-0.3, -0.25) is 10.1 Å². The number of fused-ring (bicyclic) bond motifs is 1. The van der Waals surface area contributed by atoms with Crippen molar-refractivity contribution in [2.75, 3.05) is 5.32 Å². The zero-order valence-electron chi connectivity index (χ0n) is 10.7. The van der Waals surface area contributed by atoms with Gasteiger partial charge >= 0.3 is 0 Å². The Morgan fingerprint density at radius 1 is 1.58 bits per heavy atom. The lowest BCUT2D eigenvalue weighted by atomic mass is 10.2. The van der Waals surface area contributed by atoms with Crippen molar-refractivity contribution >= 4 is 22.7 Å². The summed E-state index contributed by atoms with van der Waals surface area (Å²) in [6.45, 7) is 2.19. The first kappa shape index (κ1) is 12.0. The minimum atomic E-state index is -0.397. The molecule has 19 heavy (non-hydrogen) atoms. The lowest BCUT2D eigenvalue weighted by molar-refractivity contribution is -0.384. The first-order valence-electron chi connectivity index (χ1n) is 6.58. The number of rotatable bonds is 5. The van der Waals surface area contributed by atoms with Gasteiger partial charge in [0.25, 0.3) is 5.69 Å². The number of imidazole rings is 1. The van der Waals surface area contributed by atoms with Gasteiger partial charge in [-0.25, -0.2) is 4.98 Å². The van der Waals surface area contributed by atoms with E-state index in [2.05, 4.69) is 22.2 Å². The largest absolute Gasteiger partial charge is 0.353 e. The first-order chi connectivity index (χ1) is 9.17. The maximum atomic E-state index is 10.7. The van der Waals surface area contributed by atoms with Crippen LogP contribution >= 0.6 is 0 Å². The number of non-ortho nitro benzene ring substituents is 1. The van der Waals surface area contributed by atoms with Crippen LogP contribution in [0, 0.1) is 16.0 Å².